The Balaban J connectivity index is 2.06. The number of amides is 1. The number of rotatable bonds is 10. The molecule has 3 rings (SSSR count). The molecular formula is C20H29NO20S. The average molecular weight is 636 g/mol. The van der Waals surface area contributed by atoms with Gasteiger partial charge in [0.2, 0.25) is 18.0 Å². The first-order chi connectivity index (χ1) is 19.4. The summed E-state index contributed by atoms with van der Waals surface area (Å²) in [5, 5.41) is 81.5. The van der Waals surface area contributed by atoms with Gasteiger partial charge in [0.05, 0.1) is 6.61 Å². The smallest absolute Gasteiger partial charge is 0.397 e. The quantitative estimate of drug-likeness (QED) is 0.0997. The largest absolute Gasteiger partial charge is 0.479 e. The number of aliphatic carboxylic acids is 2. The lowest BCUT2D eigenvalue weighted by atomic mass is 9.95. The van der Waals surface area contributed by atoms with E-state index in [4.69, 9.17) is 23.7 Å². The molecular weight excluding hydrogens is 606 g/mol. The van der Waals surface area contributed by atoms with E-state index in [1.54, 1.807) is 0 Å². The van der Waals surface area contributed by atoms with Gasteiger partial charge >= 0.3 is 22.3 Å². The fourth-order valence-electron chi connectivity index (χ4n) is 4.36. The second-order valence-corrected chi connectivity index (χ2v) is 10.3. The molecule has 0 bridgehead atoms. The molecule has 13 unspecified atom stereocenters. The third kappa shape index (κ3) is 7.67. The zero-order valence-electron chi connectivity index (χ0n) is 21.2. The topological polar surface area (TPSA) is 335 Å². The first kappa shape index (κ1) is 33.9. The Morgan fingerprint density at radius 1 is 0.929 bits per heavy atom. The highest BCUT2D eigenvalue weighted by atomic mass is 32.3. The van der Waals surface area contributed by atoms with Crippen LogP contribution >= 0.6 is 0 Å². The predicted molar refractivity (Wildman–Crippen MR) is 123 cm³/mol. The minimum Gasteiger partial charge on any atom is -0.479 e. The number of aliphatic hydroxyl groups excluding tert-OH is 6. The van der Waals surface area contributed by atoms with Gasteiger partial charge in [0.1, 0.15) is 54.9 Å². The highest BCUT2D eigenvalue weighted by Crippen LogP contribution is 2.34. The van der Waals surface area contributed by atoms with Crippen molar-refractivity contribution < 1.29 is 96.1 Å². The van der Waals surface area contributed by atoms with Gasteiger partial charge in [-0.05, 0) is 6.08 Å². The van der Waals surface area contributed by atoms with Gasteiger partial charge in [-0.25, -0.2) is 13.8 Å². The number of nitrogens with one attached hydrogen (secondary N) is 1. The van der Waals surface area contributed by atoms with Crippen LogP contribution in [-0.2, 0) is 52.7 Å². The molecule has 0 aromatic carbocycles. The molecule has 0 aliphatic carbocycles. The van der Waals surface area contributed by atoms with Crippen LogP contribution in [0.5, 0.6) is 0 Å². The summed E-state index contributed by atoms with van der Waals surface area (Å²) in [6.45, 7) is -0.234. The Bertz CT molecular complexity index is 1150. The van der Waals surface area contributed by atoms with Gasteiger partial charge in [-0.1, -0.05) is 0 Å². The summed E-state index contributed by atoms with van der Waals surface area (Å²) in [6.07, 6.45) is -24.5. The maximum atomic E-state index is 12.1. The Kier molecular flexibility index (Phi) is 10.8. The van der Waals surface area contributed by atoms with Crippen molar-refractivity contribution in [1.82, 2.24) is 5.32 Å². The van der Waals surface area contributed by atoms with Crippen molar-refractivity contribution >= 4 is 28.2 Å². The Morgan fingerprint density at radius 2 is 1.55 bits per heavy atom. The number of ether oxygens (including phenoxy) is 5. The van der Waals surface area contributed by atoms with Crippen LogP contribution in [0.4, 0.5) is 0 Å². The molecule has 42 heavy (non-hydrogen) atoms. The van der Waals surface area contributed by atoms with Gasteiger partial charge < -0.3 is 69.9 Å². The summed E-state index contributed by atoms with van der Waals surface area (Å²) in [7, 11) is -5.41. The van der Waals surface area contributed by atoms with Crippen LogP contribution in [0.2, 0.25) is 0 Å². The molecule has 0 aromatic rings. The fraction of sp³-hybridized carbons (Fsp3) is 0.750. The minimum atomic E-state index is -5.41. The lowest BCUT2D eigenvalue weighted by molar-refractivity contribution is -0.345. The van der Waals surface area contributed by atoms with Crippen molar-refractivity contribution in [3.8, 4) is 0 Å². The first-order valence-electron chi connectivity index (χ1n) is 11.9. The van der Waals surface area contributed by atoms with Crippen molar-refractivity contribution in [3.05, 3.63) is 11.8 Å². The monoisotopic (exact) mass is 635 g/mol. The molecule has 3 heterocycles. The minimum absolute atomic E-state index is 0.604. The number of carboxylic acids is 2. The van der Waals surface area contributed by atoms with Crippen molar-refractivity contribution in [2.45, 2.75) is 86.8 Å². The summed E-state index contributed by atoms with van der Waals surface area (Å²) in [6, 6.07) is -1.89. The highest BCUT2D eigenvalue weighted by molar-refractivity contribution is 7.80. The van der Waals surface area contributed by atoms with E-state index in [0.717, 1.165) is 6.92 Å². The van der Waals surface area contributed by atoms with E-state index in [2.05, 4.69) is 9.50 Å². The molecule has 0 saturated carbocycles. The van der Waals surface area contributed by atoms with E-state index in [-0.39, 0.29) is 0 Å². The Hall–Kier alpha value is -2.58. The lowest BCUT2D eigenvalue weighted by Crippen LogP contribution is -2.69. The van der Waals surface area contributed by atoms with Crippen molar-refractivity contribution in [2.24, 2.45) is 0 Å². The van der Waals surface area contributed by atoms with Crippen LogP contribution < -0.4 is 5.32 Å². The zero-order chi connectivity index (χ0) is 31.7. The third-order valence-corrected chi connectivity index (χ3v) is 6.69. The summed E-state index contributed by atoms with van der Waals surface area (Å²) >= 11 is 0. The van der Waals surface area contributed by atoms with Crippen molar-refractivity contribution in [1.29, 1.82) is 0 Å². The molecule has 0 spiro atoms. The lowest BCUT2D eigenvalue weighted by Gasteiger charge is -2.48. The molecule has 1 amide bonds. The van der Waals surface area contributed by atoms with Gasteiger partial charge in [0.15, 0.2) is 18.7 Å². The number of hydrogen-bond donors (Lipinski definition) is 10. The van der Waals surface area contributed by atoms with E-state index in [0.29, 0.717) is 6.08 Å². The van der Waals surface area contributed by atoms with E-state index < -0.39 is 120 Å². The molecule has 0 aromatic heterocycles. The van der Waals surface area contributed by atoms with Crippen molar-refractivity contribution in [2.75, 3.05) is 6.61 Å². The number of hydrogen-bond acceptors (Lipinski definition) is 17. The number of aliphatic hydroxyl groups is 6. The molecule has 3 aliphatic rings. The second kappa shape index (κ2) is 13.4. The Labute approximate surface area is 235 Å². The van der Waals surface area contributed by atoms with Crippen LogP contribution in [0.1, 0.15) is 6.92 Å². The van der Waals surface area contributed by atoms with Gasteiger partial charge in [-0.2, -0.15) is 8.42 Å². The van der Waals surface area contributed by atoms with Gasteiger partial charge in [0.25, 0.3) is 0 Å². The highest BCUT2D eigenvalue weighted by Gasteiger charge is 2.56. The molecule has 10 N–H and O–H groups in total. The second-order valence-electron chi connectivity index (χ2n) is 9.21. The standard InChI is InChI=1S/C20H29NO20S/c1-4(23)21-8-13(39-20-9(25)5(24)2-6(36-20)16(28)29)12(41-42(33,34)35)7(3-22)37-19(8)40-14-10(26)11(27)18(32)38-15(14)17(30)31/h2,5,7-15,18-20,22,24-27,32H,3H2,1H3,(H,21,23)(H,28,29)(H,30,31)(H,33,34,35). The molecule has 2 saturated heterocycles. The molecule has 0 radical (unpaired) electrons. The molecule has 3 aliphatic heterocycles. The van der Waals surface area contributed by atoms with Crippen molar-refractivity contribution in [3.63, 3.8) is 0 Å². The maximum Gasteiger partial charge on any atom is 0.397 e. The molecule has 22 heteroatoms. The van der Waals surface area contributed by atoms with Crippen LogP contribution in [0, 0.1) is 0 Å². The van der Waals surface area contributed by atoms with E-state index in [1.807, 2.05) is 0 Å². The molecule has 21 nitrogen and oxygen atoms in total. The van der Waals surface area contributed by atoms with E-state index in [9.17, 15) is 68.2 Å². The Morgan fingerprint density at radius 3 is 2.07 bits per heavy atom. The van der Waals surface area contributed by atoms with Gasteiger partial charge in [0, 0.05) is 6.92 Å². The summed E-state index contributed by atoms with van der Waals surface area (Å²) in [5.41, 5.74) is 0. The van der Waals surface area contributed by atoms with Crippen LogP contribution in [0.3, 0.4) is 0 Å². The van der Waals surface area contributed by atoms with Crippen LogP contribution in [-0.4, -0.2) is 158 Å². The van der Waals surface area contributed by atoms with E-state index >= 15 is 0 Å². The van der Waals surface area contributed by atoms with Gasteiger partial charge in [-0.15, -0.1) is 0 Å². The summed E-state index contributed by atoms with van der Waals surface area (Å²) in [5.74, 6) is -5.40. The molecule has 240 valence electrons. The normalized spacial score (nSPS) is 40.9. The summed E-state index contributed by atoms with van der Waals surface area (Å²) in [4.78, 5) is 35.3. The fourth-order valence-corrected chi connectivity index (χ4v) is 4.88. The number of carbonyl (C=O) groups is 3. The van der Waals surface area contributed by atoms with E-state index in [1.165, 1.54) is 0 Å². The predicted octanol–water partition coefficient (Wildman–Crippen LogP) is -6.26. The van der Waals surface area contributed by atoms with Crippen LogP contribution in [0.25, 0.3) is 0 Å². The van der Waals surface area contributed by atoms with Gasteiger partial charge in [-0.3, -0.25) is 9.35 Å². The zero-order valence-corrected chi connectivity index (χ0v) is 22.0. The molecule has 2 fully saturated rings. The first-order valence-corrected chi connectivity index (χ1v) is 13.2. The SMILES string of the molecule is CC(=O)NC1C(OC2C(C(=O)O)OC(O)C(O)C2O)OC(CO)C(OS(=O)(=O)O)C1OC1OC(C(=O)O)=CC(O)C1O. The molecule has 13 atom stereocenters. The maximum absolute atomic E-state index is 12.1. The van der Waals surface area contributed by atoms with Crippen LogP contribution in [0.15, 0.2) is 11.8 Å². The third-order valence-electron chi connectivity index (χ3n) is 6.22. The number of carbonyl (C=O) groups excluding carboxylic acids is 1. The average Bonchev–Trinajstić information content (AvgIpc) is 2.88. The number of carboxylic acid groups (broad SMARTS) is 2. The summed E-state index contributed by atoms with van der Waals surface area (Å²) < 4.78 is 63.5.